The van der Waals surface area contributed by atoms with Crippen LogP contribution in [-0.4, -0.2) is 108 Å². The summed E-state index contributed by atoms with van der Waals surface area (Å²) in [5.41, 5.74) is 9.36. The minimum Gasteiger partial charge on any atom is -0.462 e. The summed E-state index contributed by atoms with van der Waals surface area (Å²) in [6, 6.07) is 13.0. The molecule has 0 saturated carbocycles. The van der Waals surface area contributed by atoms with Gasteiger partial charge in [0, 0.05) is 61.5 Å². The lowest BCUT2D eigenvalue weighted by Gasteiger charge is -2.33. The molecule has 0 unspecified atom stereocenters. The van der Waals surface area contributed by atoms with E-state index in [-0.39, 0.29) is 46.4 Å². The summed E-state index contributed by atoms with van der Waals surface area (Å²) in [7, 11) is 2.14. The summed E-state index contributed by atoms with van der Waals surface area (Å²) in [6.45, 7) is 16.3. The fraction of sp³-hybridized carbons (Fsp3) is 0.514. The maximum absolute atomic E-state index is 12.6. The van der Waals surface area contributed by atoms with Crippen molar-refractivity contribution >= 4 is 66.8 Å². The van der Waals surface area contributed by atoms with Crippen molar-refractivity contribution in [2.75, 3.05) is 70.1 Å². The van der Waals surface area contributed by atoms with Crippen molar-refractivity contribution in [3.05, 3.63) is 76.2 Å². The molecule has 0 radical (unpaired) electrons. The number of nitrogens with two attached hydrogens (primary N) is 1. The third-order valence-corrected chi connectivity index (χ3v) is 9.69. The lowest BCUT2D eigenvalue weighted by atomic mass is 10.0. The Bertz CT molecular complexity index is 1650. The molecule has 2 N–H and O–H groups in total. The number of halogens is 2. The molecule has 10 nitrogen and oxygen atoms in total. The molecule has 3 aliphatic heterocycles. The molecular formula is C37H54ClFN8O2S2. The van der Waals surface area contributed by atoms with E-state index in [4.69, 9.17) is 33.6 Å². The first-order chi connectivity index (χ1) is 23.2. The third-order valence-electron chi connectivity index (χ3n) is 9.37. The Morgan fingerprint density at radius 1 is 1.22 bits per heavy atom. The first kappa shape index (κ1) is 43.9. The largest absolute Gasteiger partial charge is 0.462 e. The first-order valence-corrected chi connectivity index (χ1v) is 17.1. The van der Waals surface area contributed by atoms with E-state index in [1.54, 1.807) is 11.0 Å². The third kappa shape index (κ3) is 11.1. The summed E-state index contributed by atoms with van der Waals surface area (Å²) >= 11 is 6.55. The minimum absolute atomic E-state index is 0. The number of benzene rings is 2. The summed E-state index contributed by atoms with van der Waals surface area (Å²) in [5.74, 6) is 0.455. The second-order valence-electron chi connectivity index (χ2n) is 12.7. The van der Waals surface area contributed by atoms with Gasteiger partial charge in [0.1, 0.15) is 24.6 Å². The maximum atomic E-state index is 12.6. The van der Waals surface area contributed by atoms with Crippen LogP contribution >= 0.6 is 38.6 Å². The highest BCUT2D eigenvalue weighted by molar-refractivity contribution is 7.59. The average Bonchev–Trinajstić information content (AvgIpc) is 3.47. The molecule has 2 aromatic carbocycles. The molecule has 2 atom stereocenters. The molecule has 3 aromatic rings. The van der Waals surface area contributed by atoms with Gasteiger partial charge in [0.2, 0.25) is 12.5 Å². The van der Waals surface area contributed by atoms with Gasteiger partial charge < -0.3 is 30.0 Å². The molecule has 1 amide bonds. The number of aromatic nitrogens is 2. The van der Waals surface area contributed by atoms with Crippen LogP contribution in [0.3, 0.4) is 0 Å². The van der Waals surface area contributed by atoms with Crippen LogP contribution in [0.5, 0.6) is 6.01 Å². The number of hydrogen-bond acceptors (Lipinski definition) is 8. The smallest absolute Gasteiger partial charge is 0.318 e. The number of alkyl halides is 1. The van der Waals surface area contributed by atoms with Crippen LogP contribution in [0.15, 0.2) is 48.6 Å². The number of rotatable bonds is 10. The number of hydrogen-bond donors (Lipinski definition) is 1. The quantitative estimate of drug-likeness (QED) is 0.195. The van der Waals surface area contributed by atoms with Crippen LogP contribution in [-0.2, 0) is 17.8 Å². The molecule has 0 spiro atoms. The number of likely N-dealkylation sites (N-methyl/N-ethyl adjacent to an activating group) is 2. The Morgan fingerprint density at radius 3 is 2.59 bits per heavy atom. The van der Waals surface area contributed by atoms with Crippen molar-refractivity contribution in [1.29, 1.82) is 0 Å². The van der Waals surface area contributed by atoms with Crippen LogP contribution in [0.2, 0.25) is 5.02 Å². The summed E-state index contributed by atoms with van der Waals surface area (Å²) < 4.78 is 18.5. The Hall–Kier alpha value is -3.28. The Morgan fingerprint density at radius 2 is 1.94 bits per heavy atom. The fourth-order valence-electron chi connectivity index (χ4n) is 6.58. The van der Waals surface area contributed by atoms with Crippen LogP contribution in [0, 0.1) is 6.57 Å². The lowest BCUT2D eigenvalue weighted by Crippen LogP contribution is -2.48. The Labute approximate surface area is 321 Å². The van der Waals surface area contributed by atoms with E-state index in [0.29, 0.717) is 63.7 Å². The second kappa shape index (κ2) is 20.7. The van der Waals surface area contributed by atoms with Crippen LogP contribution in [0.4, 0.5) is 15.9 Å². The fourth-order valence-corrected chi connectivity index (χ4v) is 6.85. The highest BCUT2D eigenvalue weighted by Gasteiger charge is 2.26. The molecule has 1 aromatic heterocycles. The number of amides is 1. The molecule has 3 aliphatic rings. The molecule has 2 saturated heterocycles. The molecule has 6 rings (SSSR count). The van der Waals surface area contributed by atoms with Gasteiger partial charge in [-0.1, -0.05) is 49.4 Å². The van der Waals surface area contributed by atoms with Crippen molar-refractivity contribution in [1.82, 2.24) is 24.7 Å². The number of ether oxygens (including phenoxy) is 1. The molecule has 0 aliphatic carbocycles. The minimum atomic E-state index is -0.708. The van der Waals surface area contributed by atoms with Gasteiger partial charge in [0.05, 0.1) is 17.3 Å². The van der Waals surface area contributed by atoms with E-state index in [1.165, 1.54) is 12.5 Å². The summed E-state index contributed by atoms with van der Waals surface area (Å²) in [6.07, 6.45) is 5.73. The SMILES string of the molecule is C.CN1CCC[C@H]1COc1nc(N)c2c(n1)CN(c1cccc3cccc(Cl)c13)CC2.S.S.[C-]#[N+]C[C@@H](C)N(CC)C(=O)/C=C/CN1CC(F)C1. The number of carbonyl (C=O) groups is 1. The Balaban J connectivity index is 0.000000375. The van der Waals surface area contributed by atoms with Gasteiger partial charge in [-0.25, -0.2) is 11.0 Å². The number of anilines is 2. The monoisotopic (exact) mass is 760 g/mol. The van der Waals surface area contributed by atoms with Crippen LogP contribution in [0.25, 0.3) is 15.6 Å². The normalized spacial score (nSPS) is 17.8. The molecule has 4 heterocycles. The predicted molar refractivity (Wildman–Crippen MR) is 218 cm³/mol. The number of nitrogens with zero attached hydrogens (tertiary/aromatic N) is 7. The number of likely N-dealkylation sites (tertiary alicyclic amines) is 2. The first-order valence-electron chi connectivity index (χ1n) is 16.8. The highest BCUT2D eigenvalue weighted by atomic mass is 35.5. The van der Waals surface area contributed by atoms with Gasteiger partial charge in [-0.2, -0.15) is 37.0 Å². The van der Waals surface area contributed by atoms with Crippen molar-refractivity contribution < 1.29 is 13.9 Å². The number of nitrogen functional groups attached to an aromatic ring is 1. The van der Waals surface area contributed by atoms with Gasteiger partial charge in [-0.3, -0.25) is 9.69 Å². The van der Waals surface area contributed by atoms with Crippen molar-refractivity contribution in [3.63, 3.8) is 0 Å². The van der Waals surface area contributed by atoms with Gasteiger partial charge in [0.25, 0.3) is 0 Å². The van der Waals surface area contributed by atoms with E-state index >= 15 is 0 Å². The van der Waals surface area contributed by atoms with Crippen molar-refractivity contribution in [3.8, 4) is 6.01 Å². The van der Waals surface area contributed by atoms with E-state index in [2.05, 4.69) is 50.9 Å². The zero-order valence-electron chi connectivity index (χ0n) is 29.1. The molecule has 14 heteroatoms. The summed E-state index contributed by atoms with van der Waals surface area (Å²) in [4.78, 5) is 32.6. The molecule has 280 valence electrons. The zero-order valence-corrected chi connectivity index (χ0v) is 31.9. The lowest BCUT2D eigenvalue weighted by molar-refractivity contribution is -0.127. The topological polar surface area (TPSA) is 95.4 Å². The van der Waals surface area contributed by atoms with Gasteiger partial charge >= 0.3 is 6.01 Å². The second-order valence-corrected chi connectivity index (χ2v) is 13.1. The molecular weight excluding hydrogens is 707 g/mol. The van der Waals surface area contributed by atoms with Crippen LogP contribution < -0.4 is 15.4 Å². The van der Waals surface area contributed by atoms with Gasteiger partial charge in [-0.05, 0) is 64.2 Å². The van der Waals surface area contributed by atoms with Crippen molar-refractivity contribution in [2.45, 2.75) is 65.3 Å². The zero-order chi connectivity index (χ0) is 34.2. The van der Waals surface area contributed by atoms with Gasteiger partial charge in [-0.15, -0.1) is 0 Å². The van der Waals surface area contributed by atoms with E-state index in [9.17, 15) is 9.18 Å². The molecule has 2 fully saturated rings. The average molecular weight is 761 g/mol. The Kier molecular flexibility index (Phi) is 17.8. The van der Waals surface area contributed by atoms with Gasteiger partial charge in [0.15, 0.2) is 0 Å². The highest BCUT2D eigenvalue weighted by Crippen LogP contribution is 2.36. The van der Waals surface area contributed by atoms with Crippen molar-refractivity contribution in [2.24, 2.45) is 0 Å². The molecule has 0 bridgehead atoms. The summed E-state index contributed by atoms with van der Waals surface area (Å²) in [5, 5.41) is 2.98. The molecule has 51 heavy (non-hydrogen) atoms. The van der Waals surface area contributed by atoms with Crippen LogP contribution in [0.1, 0.15) is 45.4 Å². The number of carbonyl (C=O) groups excluding carboxylic acids is 1. The standard InChI is InChI=1S/C23H26ClN5O.C13H20FN3O.CH4.2H2S/c1-28-11-4-7-16(28)14-30-23-26-19-13-29(12-10-17(19)22(25)27-23)20-9-3-6-15-5-2-8-18(24)21(15)20;1-4-17(11(2)8-15-3)13(18)6-5-7-16-9-12(14)10-16;;;/h2-3,5-6,8-9,16H,4,7,10-14H2,1H3,(H2,25,26,27);5-6,11-12H,4,7-10H2,1-2H3;1H4;2*1H2/b;6-5+;;;/t16-;11-;;;/m01.../s1. The maximum Gasteiger partial charge on any atom is 0.318 e. The van der Waals surface area contributed by atoms with E-state index in [1.807, 2.05) is 30.9 Å². The van der Waals surface area contributed by atoms with E-state index < -0.39 is 6.17 Å². The van der Waals surface area contributed by atoms with E-state index in [0.717, 1.165) is 58.7 Å². The predicted octanol–water partition coefficient (Wildman–Crippen LogP) is 6.12. The number of fused-ring (bicyclic) bond motifs is 2.